The average molecular weight is 367 g/mol. The van der Waals surface area contributed by atoms with Gasteiger partial charge in [-0.2, -0.15) is 5.10 Å². The van der Waals surface area contributed by atoms with Crippen LogP contribution in [0.15, 0.2) is 24.3 Å². The number of carbonyl (C=O) groups is 1. The highest BCUT2D eigenvalue weighted by atomic mass is 35.5. The Hall–Kier alpha value is -1.92. The van der Waals surface area contributed by atoms with Gasteiger partial charge >= 0.3 is 0 Å². The predicted octanol–water partition coefficient (Wildman–Crippen LogP) is 2.86. The molecule has 1 fully saturated rings. The second kappa shape index (κ2) is 7.54. The molecule has 1 aliphatic heterocycles. The zero-order chi connectivity index (χ0) is 17.4. The number of aromatic nitrogens is 2. The second-order valence-electron chi connectivity index (χ2n) is 6.58. The molecule has 0 bridgehead atoms. The summed E-state index contributed by atoms with van der Waals surface area (Å²) in [5.41, 5.74) is 8.59. The molecule has 0 spiro atoms. The first-order valence-corrected chi connectivity index (χ1v) is 8.25. The van der Waals surface area contributed by atoms with Crippen molar-refractivity contribution in [1.82, 2.24) is 14.7 Å². The Labute approximate surface area is 153 Å². The van der Waals surface area contributed by atoms with Gasteiger partial charge in [-0.3, -0.25) is 4.79 Å². The zero-order valence-electron chi connectivity index (χ0n) is 14.7. The molecule has 7 heteroatoms. The molecule has 1 aromatic carbocycles. The van der Waals surface area contributed by atoms with Crippen molar-refractivity contribution in [3.05, 3.63) is 47.0 Å². The third-order valence-electron chi connectivity index (χ3n) is 4.83. The molecular weight excluding hydrogens is 343 g/mol. The van der Waals surface area contributed by atoms with Crippen molar-refractivity contribution in [1.29, 1.82) is 0 Å². The third-order valence-corrected chi connectivity index (χ3v) is 4.83. The van der Waals surface area contributed by atoms with E-state index in [-0.39, 0.29) is 30.2 Å². The van der Waals surface area contributed by atoms with Crippen LogP contribution in [0.4, 0.5) is 4.39 Å². The van der Waals surface area contributed by atoms with Crippen molar-refractivity contribution >= 4 is 18.3 Å². The normalized spacial score (nSPS) is 19.8. The summed E-state index contributed by atoms with van der Waals surface area (Å²) in [5.74, 6) is 0.0637. The van der Waals surface area contributed by atoms with Crippen LogP contribution in [-0.4, -0.2) is 39.7 Å². The number of nitrogens with two attached hydrogens (primary N) is 1. The summed E-state index contributed by atoms with van der Waals surface area (Å²) in [7, 11) is 0. The van der Waals surface area contributed by atoms with Crippen molar-refractivity contribution in [2.75, 3.05) is 13.1 Å². The summed E-state index contributed by atoms with van der Waals surface area (Å²) in [5, 5.41) is 4.49. The standard InChI is InChI=1S/C18H23FN4O.ClH/c1-11-8-14(9-20)10-22(11)18(24)17-12(2)21-23(13(17)3)16-6-4-15(19)5-7-16;/h4-7,11,14H,8-10,20H2,1-3H3;1H. The molecule has 0 radical (unpaired) electrons. The topological polar surface area (TPSA) is 64.2 Å². The maximum atomic E-state index is 13.1. The van der Waals surface area contributed by atoms with E-state index in [4.69, 9.17) is 5.73 Å². The first-order chi connectivity index (χ1) is 11.4. The fourth-order valence-corrected chi connectivity index (χ4v) is 3.53. The number of rotatable bonds is 3. The van der Waals surface area contributed by atoms with Crippen molar-refractivity contribution in [3.63, 3.8) is 0 Å². The summed E-state index contributed by atoms with van der Waals surface area (Å²) in [4.78, 5) is 14.9. The van der Waals surface area contributed by atoms with Gasteiger partial charge in [0.05, 0.1) is 22.6 Å². The minimum absolute atomic E-state index is 0. The van der Waals surface area contributed by atoms with Gasteiger partial charge in [0.1, 0.15) is 5.82 Å². The molecule has 1 aliphatic rings. The van der Waals surface area contributed by atoms with Crippen LogP contribution in [0.5, 0.6) is 0 Å². The van der Waals surface area contributed by atoms with Gasteiger partial charge in [-0.05, 0) is 63.9 Å². The summed E-state index contributed by atoms with van der Waals surface area (Å²) in [6.07, 6.45) is 0.937. The Morgan fingerprint density at radius 1 is 1.32 bits per heavy atom. The summed E-state index contributed by atoms with van der Waals surface area (Å²) in [6, 6.07) is 6.28. The zero-order valence-corrected chi connectivity index (χ0v) is 15.5. The highest BCUT2D eigenvalue weighted by Crippen LogP contribution is 2.27. The fraction of sp³-hybridized carbons (Fsp3) is 0.444. The van der Waals surface area contributed by atoms with E-state index >= 15 is 0 Å². The van der Waals surface area contributed by atoms with Crippen molar-refractivity contribution in [2.45, 2.75) is 33.2 Å². The Morgan fingerprint density at radius 3 is 2.52 bits per heavy atom. The van der Waals surface area contributed by atoms with Crippen LogP contribution >= 0.6 is 12.4 Å². The van der Waals surface area contributed by atoms with E-state index < -0.39 is 0 Å². The van der Waals surface area contributed by atoms with Gasteiger partial charge in [0.15, 0.2) is 0 Å². The molecule has 2 heterocycles. The quantitative estimate of drug-likeness (QED) is 0.908. The monoisotopic (exact) mass is 366 g/mol. The lowest BCUT2D eigenvalue weighted by molar-refractivity contribution is 0.0742. The minimum atomic E-state index is -0.296. The Kier molecular flexibility index (Phi) is 5.85. The molecule has 2 aromatic rings. The number of benzene rings is 1. The number of aryl methyl sites for hydroxylation is 1. The molecule has 1 aromatic heterocycles. The van der Waals surface area contributed by atoms with Crippen LogP contribution in [0.2, 0.25) is 0 Å². The van der Waals surface area contributed by atoms with E-state index in [0.717, 1.165) is 17.8 Å². The number of hydrogen-bond donors (Lipinski definition) is 1. The summed E-state index contributed by atoms with van der Waals surface area (Å²) < 4.78 is 14.8. The largest absolute Gasteiger partial charge is 0.335 e. The highest BCUT2D eigenvalue weighted by molar-refractivity contribution is 5.97. The molecule has 136 valence electrons. The van der Waals surface area contributed by atoms with Crippen molar-refractivity contribution in [3.8, 4) is 5.69 Å². The molecule has 1 saturated heterocycles. The minimum Gasteiger partial charge on any atom is -0.335 e. The molecular formula is C18H24ClFN4O. The average Bonchev–Trinajstić information content (AvgIpc) is 3.07. The van der Waals surface area contributed by atoms with E-state index in [0.29, 0.717) is 30.3 Å². The van der Waals surface area contributed by atoms with Crippen LogP contribution < -0.4 is 5.73 Å². The van der Waals surface area contributed by atoms with Gasteiger partial charge in [-0.15, -0.1) is 12.4 Å². The maximum absolute atomic E-state index is 13.1. The lowest BCUT2D eigenvalue weighted by atomic mass is 10.1. The Balaban J connectivity index is 0.00000225. The van der Waals surface area contributed by atoms with Crippen LogP contribution in [0.3, 0.4) is 0 Å². The molecule has 25 heavy (non-hydrogen) atoms. The molecule has 1 amide bonds. The van der Waals surface area contributed by atoms with Gasteiger partial charge in [0.2, 0.25) is 0 Å². The summed E-state index contributed by atoms with van der Waals surface area (Å²) in [6.45, 7) is 7.06. The number of carbonyl (C=O) groups excluding carboxylic acids is 1. The first kappa shape index (κ1) is 19.4. The van der Waals surface area contributed by atoms with E-state index in [9.17, 15) is 9.18 Å². The fourth-order valence-electron chi connectivity index (χ4n) is 3.53. The van der Waals surface area contributed by atoms with Gasteiger partial charge in [0.25, 0.3) is 5.91 Å². The third kappa shape index (κ3) is 3.55. The summed E-state index contributed by atoms with van der Waals surface area (Å²) >= 11 is 0. The smallest absolute Gasteiger partial charge is 0.257 e. The van der Waals surface area contributed by atoms with Crippen LogP contribution in [0.1, 0.15) is 35.1 Å². The van der Waals surface area contributed by atoms with E-state index in [1.807, 2.05) is 18.7 Å². The van der Waals surface area contributed by atoms with Crippen LogP contribution in [-0.2, 0) is 0 Å². The SMILES string of the molecule is Cc1nn(-c2ccc(F)cc2)c(C)c1C(=O)N1CC(CN)CC1C.Cl. The van der Waals surface area contributed by atoms with Gasteiger partial charge in [0, 0.05) is 12.6 Å². The lowest BCUT2D eigenvalue weighted by Gasteiger charge is -2.21. The number of nitrogens with zero attached hydrogens (tertiary/aromatic N) is 3. The molecule has 2 N–H and O–H groups in total. The number of likely N-dealkylation sites (tertiary alicyclic amines) is 1. The van der Waals surface area contributed by atoms with Crippen LogP contribution in [0.25, 0.3) is 5.69 Å². The van der Waals surface area contributed by atoms with Crippen molar-refractivity contribution < 1.29 is 9.18 Å². The van der Waals surface area contributed by atoms with Crippen LogP contribution in [0, 0.1) is 25.6 Å². The van der Waals surface area contributed by atoms with Gasteiger partial charge in [-0.1, -0.05) is 0 Å². The van der Waals surface area contributed by atoms with Gasteiger partial charge in [-0.25, -0.2) is 9.07 Å². The molecule has 2 unspecified atom stereocenters. The second-order valence-corrected chi connectivity index (χ2v) is 6.58. The van der Waals surface area contributed by atoms with E-state index in [1.165, 1.54) is 12.1 Å². The number of halogens is 2. The van der Waals surface area contributed by atoms with E-state index in [2.05, 4.69) is 12.0 Å². The Morgan fingerprint density at radius 2 is 1.96 bits per heavy atom. The Bertz CT molecular complexity index is 759. The molecule has 5 nitrogen and oxygen atoms in total. The molecule has 2 atom stereocenters. The molecule has 0 aliphatic carbocycles. The molecule has 3 rings (SSSR count). The highest BCUT2D eigenvalue weighted by Gasteiger charge is 2.34. The van der Waals surface area contributed by atoms with Gasteiger partial charge < -0.3 is 10.6 Å². The number of hydrogen-bond acceptors (Lipinski definition) is 3. The molecule has 0 saturated carbocycles. The first-order valence-electron chi connectivity index (χ1n) is 8.25. The number of amides is 1. The van der Waals surface area contributed by atoms with Crippen molar-refractivity contribution in [2.24, 2.45) is 11.7 Å². The maximum Gasteiger partial charge on any atom is 0.257 e. The van der Waals surface area contributed by atoms with E-state index in [1.54, 1.807) is 16.8 Å². The predicted molar refractivity (Wildman–Crippen MR) is 97.9 cm³/mol. The lowest BCUT2D eigenvalue weighted by Crippen LogP contribution is -2.35.